The highest BCUT2D eigenvalue weighted by Crippen LogP contribution is 2.26. The summed E-state index contributed by atoms with van der Waals surface area (Å²) in [5.41, 5.74) is 7.19. The van der Waals surface area contributed by atoms with Crippen molar-refractivity contribution < 1.29 is 14.3 Å². The van der Waals surface area contributed by atoms with Gasteiger partial charge >= 0.3 is 5.97 Å². The molecule has 3 N–H and O–H groups in total. The summed E-state index contributed by atoms with van der Waals surface area (Å²) in [4.78, 5) is 25.0. The summed E-state index contributed by atoms with van der Waals surface area (Å²) in [6, 6.07) is 5.06. The molecule has 0 saturated heterocycles. The molecule has 1 amide bonds. The topological polar surface area (TPSA) is 84.7 Å². The lowest BCUT2D eigenvalue weighted by Crippen LogP contribution is -2.35. The highest BCUT2D eigenvalue weighted by atomic mass is 16.5. The van der Waals surface area contributed by atoms with Crippen LogP contribution in [0.25, 0.3) is 0 Å². The van der Waals surface area contributed by atoms with Crippen LogP contribution in [0.15, 0.2) is 18.2 Å². The van der Waals surface area contributed by atoms with Gasteiger partial charge in [-0.25, -0.2) is 4.79 Å². The number of nitrogens with zero attached hydrogens (tertiary/aromatic N) is 1. The number of benzene rings is 1. The van der Waals surface area contributed by atoms with E-state index in [4.69, 9.17) is 5.73 Å². The molecule has 0 fully saturated rings. The van der Waals surface area contributed by atoms with Gasteiger partial charge in [-0.2, -0.15) is 0 Å². The first kappa shape index (κ1) is 15.8. The lowest BCUT2D eigenvalue weighted by molar-refractivity contribution is -0.119. The summed E-state index contributed by atoms with van der Waals surface area (Å²) in [6.07, 6.45) is 0.884. The Labute approximate surface area is 118 Å². The van der Waals surface area contributed by atoms with Crippen molar-refractivity contribution in [2.75, 3.05) is 37.9 Å². The van der Waals surface area contributed by atoms with E-state index in [0.717, 1.165) is 6.42 Å². The van der Waals surface area contributed by atoms with Crippen LogP contribution >= 0.6 is 0 Å². The number of carbonyl (C=O) groups is 2. The molecule has 0 bridgehead atoms. The number of anilines is 2. The fourth-order valence-electron chi connectivity index (χ4n) is 1.79. The van der Waals surface area contributed by atoms with E-state index in [1.54, 1.807) is 30.1 Å². The fourth-order valence-corrected chi connectivity index (χ4v) is 1.79. The molecule has 0 aliphatic carbocycles. The van der Waals surface area contributed by atoms with Crippen molar-refractivity contribution in [2.45, 2.75) is 13.3 Å². The molecule has 1 rings (SSSR count). The van der Waals surface area contributed by atoms with Crippen LogP contribution in [0.3, 0.4) is 0 Å². The maximum atomic E-state index is 11.7. The first-order valence-electron chi connectivity index (χ1n) is 6.45. The van der Waals surface area contributed by atoms with Gasteiger partial charge in [0.1, 0.15) is 0 Å². The van der Waals surface area contributed by atoms with Gasteiger partial charge in [0.15, 0.2) is 0 Å². The molecule has 110 valence electrons. The Balaban J connectivity index is 2.85. The van der Waals surface area contributed by atoms with E-state index in [0.29, 0.717) is 23.5 Å². The number of methoxy groups -OCH3 is 1. The first-order chi connectivity index (χ1) is 9.51. The van der Waals surface area contributed by atoms with Crippen molar-refractivity contribution in [3.63, 3.8) is 0 Å². The molecular formula is C14H21N3O3. The number of nitrogens with two attached hydrogens (primary N) is 1. The second-order valence-electron chi connectivity index (χ2n) is 4.44. The molecular weight excluding hydrogens is 258 g/mol. The van der Waals surface area contributed by atoms with Gasteiger partial charge in [-0.3, -0.25) is 4.79 Å². The number of para-hydroxylation sites is 1. The molecule has 0 unspecified atom stereocenters. The zero-order valence-electron chi connectivity index (χ0n) is 12.1. The lowest BCUT2D eigenvalue weighted by Gasteiger charge is -2.21. The molecule has 0 aliphatic heterocycles. The molecule has 0 aliphatic rings. The third-order valence-corrected chi connectivity index (χ3v) is 2.85. The number of hydrogen-bond acceptors (Lipinski definition) is 5. The summed E-state index contributed by atoms with van der Waals surface area (Å²) in [5.74, 6) is -0.578. The predicted molar refractivity (Wildman–Crippen MR) is 78.8 cm³/mol. The zero-order chi connectivity index (χ0) is 15.1. The van der Waals surface area contributed by atoms with E-state index in [1.165, 1.54) is 7.11 Å². The van der Waals surface area contributed by atoms with Crippen LogP contribution in [0.5, 0.6) is 0 Å². The number of likely N-dealkylation sites (N-methyl/N-ethyl adjacent to an activating group) is 1. The van der Waals surface area contributed by atoms with Gasteiger partial charge < -0.3 is 20.7 Å². The van der Waals surface area contributed by atoms with Crippen molar-refractivity contribution in [2.24, 2.45) is 0 Å². The minimum atomic E-state index is -0.492. The highest BCUT2D eigenvalue weighted by Gasteiger charge is 2.16. The molecule has 0 aromatic heterocycles. The van der Waals surface area contributed by atoms with E-state index in [9.17, 15) is 9.59 Å². The summed E-state index contributed by atoms with van der Waals surface area (Å²) >= 11 is 0. The Hall–Kier alpha value is -2.24. The molecule has 0 spiro atoms. The number of nitrogens with one attached hydrogen (secondary N) is 1. The zero-order valence-corrected chi connectivity index (χ0v) is 12.1. The number of esters is 1. The third-order valence-electron chi connectivity index (χ3n) is 2.85. The second-order valence-corrected chi connectivity index (χ2v) is 4.44. The second kappa shape index (κ2) is 7.37. The van der Waals surface area contributed by atoms with Gasteiger partial charge in [0.05, 0.1) is 30.6 Å². The van der Waals surface area contributed by atoms with Crippen LogP contribution in [0.4, 0.5) is 11.4 Å². The van der Waals surface area contributed by atoms with E-state index in [-0.39, 0.29) is 12.5 Å². The fraction of sp³-hybridized carbons (Fsp3) is 0.429. The average molecular weight is 279 g/mol. The molecule has 0 atom stereocenters. The Morgan fingerprint density at radius 1 is 1.40 bits per heavy atom. The summed E-state index contributed by atoms with van der Waals surface area (Å²) in [7, 11) is 3.05. The smallest absolute Gasteiger partial charge is 0.340 e. The van der Waals surface area contributed by atoms with Crippen molar-refractivity contribution >= 4 is 23.3 Å². The average Bonchev–Trinajstić information content (AvgIpc) is 2.44. The van der Waals surface area contributed by atoms with E-state index < -0.39 is 5.97 Å². The maximum Gasteiger partial charge on any atom is 0.340 e. The SMILES string of the molecule is CCCNC(=O)CN(C)c1cccc(C(=O)OC)c1N. The highest BCUT2D eigenvalue weighted by molar-refractivity contribution is 5.98. The molecule has 20 heavy (non-hydrogen) atoms. The van der Waals surface area contributed by atoms with Gasteiger partial charge in [0, 0.05) is 13.6 Å². The molecule has 6 nitrogen and oxygen atoms in total. The number of carbonyl (C=O) groups excluding carboxylic acids is 2. The largest absolute Gasteiger partial charge is 0.465 e. The Morgan fingerprint density at radius 3 is 2.70 bits per heavy atom. The molecule has 0 radical (unpaired) electrons. The number of nitrogen functional groups attached to an aromatic ring is 1. The minimum absolute atomic E-state index is 0.0859. The van der Waals surface area contributed by atoms with Crippen molar-refractivity contribution in [1.29, 1.82) is 0 Å². The monoisotopic (exact) mass is 279 g/mol. The van der Waals surface area contributed by atoms with Crippen LogP contribution in [0, 0.1) is 0 Å². The van der Waals surface area contributed by atoms with E-state index >= 15 is 0 Å². The number of amides is 1. The predicted octanol–water partition coefficient (Wildman–Crippen LogP) is 1.02. The maximum absolute atomic E-state index is 11.7. The van der Waals surface area contributed by atoms with Gasteiger partial charge in [0.2, 0.25) is 5.91 Å². The third kappa shape index (κ3) is 3.88. The molecule has 0 heterocycles. The van der Waals surface area contributed by atoms with Gasteiger partial charge in [-0.05, 0) is 18.6 Å². The standard InChI is InChI=1S/C14H21N3O3/c1-4-8-16-12(18)9-17(2)11-7-5-6-10(13(11)15)14(19)20-3/h5-7H,4,8-9,15H2,1-3H3,(H,16,18). The van der Waals surface area contributed by atoms with Crippen LogP contribution in [0.1, 0.15) is 23.7 Å². The molecule has 1 aromatic rings. The van der Waals surface area contributed by atoms with Gasteiger partial charge in [0.25, 0.3) is 0 Å². The Bertz CT molecular complexity index is 489. The Kier molecular flexibility index (Phi) is 5.83. The van der Waals surface area contributed by atoms with Crippen molar-refractivity contribution in [1.82, 2.24) is 5.32 Å². The van der Waals surface area contributed by atoms with Crippen LogP contribution < -0.4 is 16.0 Å². The van der Waals surface area contributed by atoms with Gasteiger partial charge in [-0.1, -0.05) is 13.0 Å². The minimum Gasteiger partial charge on any atom is -0.465 e. The number of ether oxygens (including phenoxy) is 1. The molecule has 1 aromatic carbocycles. The molecule has 0 saturated carbocycles. The molecule has 6 heteroatoms. The number of rotatable bonds is 6. The first-order valence-corrected chi connectivity index (χ1v) is 6.45. The van der Waals surface area contributed by atoms with Crippen molar-refractivity contribution in [3.05, 3.63) is 23.8 Å². The summed E-state index contributed by atoms with van der Waals surface area (Å²) < 4.78 is 4.67. The lowest BCUT2D eigenvalue weighted by atomic mass is 10.1. The van der Waals surface area contributed by atoms with Crippen LogP contribution in [-0.4, -0.2) is 39.1 Å². The van der Waals surface area contributed by atoms with Crippen LogP contribution in [0.2, 0.25) is 0 Å². The summed E-state index contributed by atoms with van der Waals surface area (Å²) in [5, 5.41) is 2.79. The normalized spacial score (nSPS) is 9.95. The quantitative estimate of drug-likeness (QED) is 0.600. The van der Waals surface area contributed by atoms with Gasteiger partial charge in [-0.15, -0.1) is 0 Å². The Morgan fingerprint density at radius 2 is 2.10 bits per heavy atom. The van der Waals surface area contributed by atoms with E-state index in [1.807, 2.05) is 6.92 Å². The van der Waals surface area contributed by atoms with Crippen LogP contribution in [-0.2, 0) is 9.53 Å². The summed E-state index contributed by atoms with van der Waals surface area (Å²) in [6.45, 7) is 2.81. The number of hydrogen-bond donors (Lipinski definition) is 2. The van der Waals surface area contributed by atoms with E-state index in [2.05, 4.69) is 10.1 Å². The van der Waals surface area contributed by atoms with Crippen molar-refractivity contribution in [3.8, 4) is 0 Å².